The van der Waals surface area contributed by atoms with Crippen LogP contribution in [0.1, 0.15) is 24.6 Å². The molecule has 1 aliphatic carbocycles. The first-order valence-corrected chi connectivity index (χ1v) is 8.79. The molecule has 0 aromatic carbocycles. The zero-order chi connectivity index (χ0) is 16.7. The Bertz CT molecular complexity index is 856. The highest BCUT2D eigenvalue weighted by molar-refractivity contribution is 7.99. The lowest BCUT2D eigenvalue weighted by Gasteiger charge is -2.08. The molecule has 1 saturated carbocycles. The van der Waals surface area contributed by atoms with Gasteiger partial charge in [0.2, 0.25) is 0 Å². The van der Waals surface area contributed by atoms with Crippen molar-refractivity contribution in [2.24, 2.45) is 0 Å². The number of alkyl halides is 3. The van der Waals surface area contributed by atoms with Crippen LogP contribution in [0.5, 0.6) is 0 Å². The lowest BCUT2D eigenvalue weighted by Crippen LogP contribution is -2.09. The summed E-state index contributed by atoms with van der Waals surface area (Å²) < 4.78 is 40.3. The van der Waals surface area contributed by atoms with E-state index in [0.29, 0.717) is 5.16 Å². The van der Waals surface area contributed by atoms with Crippen LogP contribution in [0.2, 0.25) is 0 Å². The standard InChI is InChI=1S/C14H10F3N5S2/c15-14(16,17)10-5-6-18-12(19-10)24-13-21-20-11(9-2-1-7-23-9)22(13)8-3-4-8/h1-2,5-8H,3-4H2. The molecule has 124 valence electrons. The second kappa shape index (κ2) is 5.85. The van der Waals surface area contributed by atoms with Gasteiger partial charge in [-0.3, -0.25) is 4.57 Å². The summed E-state index contributed by atoms with van der Waals surface area (Å²) in [4.78, 5) is 8.47. The van der Waals surface area contributed by atoms with E-state index in [-0.39, 0.29) is 11.2 Å². The molecule has 0 saturated heterocycles. The van der Waals surface area contributed by atoms with Crippen LogP contribution in [0.25, 0.3) is 10.7 Å². The summed E-state index contributed by atoms with van der Waals surface area (Å²) in [6, 6.07) is 5.01. The summed E-state index contributed by atoms with van der Waals surface area (Å²) >= 11 is 2.55. The first-order valence-electron chi connectivity index (χ1n) is 7.09. The summed E-state index contributed by atoms with van der Waals surface area (Å²) in [6.45, 7) is 0. The fourth-order valence-electron chi connectivity index (χ4n) is 2.21. The maximum Gasteiger partial charge on any atom is 0.433 e. The number of halogens is 3. The molecule has 0 bridgehead atoms. The molecule has 3 aromatic heterocycles. The van der Waals surface area contributed by atoms with Gasteiger partial charge in [0.25, 0.3) is 0 Å². The maximum absolute atomic E-state index is 12.8. The Morgan fingerprint density at radius 3 is 2.71 bits per heavy atom. The van der Waals surface area contributed by atoms with Crippen molar-refractivity contribution in [2.45, 2.75) is 35.4 Å². The van der Waals surface area contributed by atoms with Crippen LogP contribution in [-0.4, -0.2) is 24.7 Å². The third-order valence-electron chi connectivity index (χ3n) is 3.42. The summed E-state index contributed by atoms with van der Waals surface area (Å²) in [5.41, 5.74) is -0.962. The van der Waals surface area contributed by atoms with E-state index in [1.807, 2.05) is 22.1 Å². The molecule has 5 nitrogen and oxygen atoms in total. The molecule has 1 aliphatic rings. The van der Waals surface area contributed by atoms with Crippen molar-refractivity contribution >= 4 is 23.1 Å². The summed E-state index contributed by atoms with van der Waals surface area (Å²) in [7, 11) is 0. The minimum atomic E-state index is -4.50. The molecule has 4 rings (SSSR count). The van der Waals surface area contributed by atoms with Gasteiger partial charge in [0.15, 0.2) is 16.1 Å². The van der Waals surface area contributed by atoms with Crippen LogP contribution in [0.3, 0.4) is 0 Å². The van der Waals surface area contributed by atoms with Gasteiger partial charge in [-0.2, -0.15) is 13.2 Å². The van der Waals surface area contributed by atoms with Gasteiger partial charge >= 0.3 is 6.18 Å². The molecule has 1 fully saturated rings. The van der Waals surface area contributed by atoms with Crippen molar-refractivity contribution in [3.05, 3.63) is 35.5 Å². The van der Waals surface area contributed by atoms with E-state index in [1.54, 1.807) is 11.3 Å². The van der Waals surface area contributed by atoms with Crippen molar-refractivity contribution in [2.75, 3.05) is 0 Å². The van der Waals surface area contributed by atoms with E-state index in [4.69, 9.17) is 0 Å². The smallest absolute Gasteiger partial charge is 0.298 e. The SMILES string of the molecule is FC(F)(F)c1ccnc(Sc2nnc(-c3cccs3)n2C2CC2)n1. The molecule has 0 radical (unpaired) electrons. The molecular formula is C14H10F3N5S2. The van der Waals surface area contributed by atoms with Gasteiger partial charge in [-0.25, -0.2) is 9.97 Å². The normalized spacial score (nSPS) is 15.0. The second-order valence-corrected chi connectivity index (χ2v) is 7.09. The number of aromatic nitrogens is 5. The van der Waals surface area contributed by atoms with E-state index in [0.717, 1.165) is 47.6 Å². The van der Waals surface area contributed by atoms with Crippen molar-refractivity contribution < 1.29 is 13.2 Å². The molecule has 0 aliphatic heterocycles. The van der Waals surface area contributed by atoms with Gasteiger partial charge in [-0.15, -0.1) is 21.5 Å². The van der Waals surface area contributed by atoms with Crippen LogP contribution >= 0.6 is 23.1 Å². The average molecular weight is 369 g/mol. The van der Waals surface area contributed by atoms with Crippen LogP contribution in [0.15, 0.2) is 40.1 Å². The van der Waals surface area contributed by atoms with Gasteiger partial charge in [-0.05, 0) is 42.1 Å². The fourth-order valence-corrected chi connectivity index (χ4v) is 3.75. The van der Waals surface area contributed by atoms with Crippen molar-refractivity contribution in [1.82, 2.24) is 24.7 Å². The van der Waals surface area contributed by atoms with E-state index in [9.17, 15) is 13.2 Å². The summed E-state index contributed by atoms with van der Waals surface area (Å²) in [6.07, 6.45) is -1.37. The number of thiophene rings is 1. The number of hydrogen-bond donors (Lipinski definition) is 0. The molecule has 0 spiro atoms. The van der Waals surface area contributed by atoms with Crippen LogP contribution in [0.4, 0.5) is 13.2 Å². The zero-order valence-corrected chi connectivity index (χ0v) is 13.7. The van der Waals surface area contributed by atoms with Crippen molar-refractivity contribution in [3.63, 3.8) is 0 Å². The highest BCUT2D eigenvalue weighted by Crippen LogP contribution is 2.42. The van der Waals surface area contributed by atoms with Crippen molar-refractivity contribution in [3.8, 4) is 10.7 Å². The van der Waals surface area contributed by atoms with Gasteiger partial charge in [0, 0.05) is 12.2 Å². The summed E-state index contributed by atoms with van der Waals surface area (Å²) in [5, 5.41) is 10.8. The largest absolute Gasteiger partial charge is 0.433 e. The highest BCUT2D eigenvalue weighted by atomic mass is 32.2. The van der Waals surface area contributed by atoms with Crippen LogP contribution in [0, 0.1) is 0 Å². The predicted octanol–water partition coefficient (Wildman–Crippen LogP) is 4.30. The molecule has 24 heavy (non-hydrogen) atoms. The van der Waals surface area contributed by atoms with E-state index in [1.165, 1.54) is 0 Å². The van der Waals surface area contributed by atoms with E-state index >= 15 is 0 Å². The fraction of sp³-hybridized carbons (Fsp3) is 0.286. The van der Waals surface area contributed by atoms with Crippen LogP contribution in [-0.2, 0) is 6.18 Å². The topological polar surface area (TPSA) is 56.5 Å². The molecule has 0 unspecified atom stereocenters. The number of hydrogen-bond acceptors (Lipinski definition) is 6. The lowest BCUT2D eigenvalue weighted by molar-refractivity contribution is -0.141. The van der Waals surface area contributed by atoms with E-state index in [2.05, 4.69) is 20.2 Å². The Balaban J connectivity index is 1.68. The predicted molar refractivity (Wildman–Crippen MR) is 82.8 cm³/mol. The van der Waals surface area contributed by atoms with Gasteiger partial charge < -0.3 is 0 Å². The van der Waals surface area contributed by atoms with E-state index < -0.39 is 11.9 Å². The minimum absolute atomic E-state index is 0.0110. The Labute approximate surface area is 143 Å². The molecule has 0 amide bonds. The molecule has 3 heterocycles. The third kappa shape index (κ3) is 3.03. The lowest BCUT2D eigenvalue weighted by atomic mass is 10.4. The molecule has 0 atom stereocenters. The Kier molecular flexibility index (Phi) is 3.80. The number of nitrogens with zero attached hydrogens (tertiary/aromatic N) is 5. The Morgan fingerprint density at radius 2 is 2.04 bits per heavy atom. The minimum Gasteiger partial charge on any atom is -0.298 e. The highest BCUT2D eigenvalue weighted by Gasteiger charge is 2.34. The Morgan fingerprint density at radius 1 is 1.21 bits per heavy atom. The molecular weight excluding hydrogens is 359 g/mol. The first-order chi connectivity index (χ1) is 11.5. The molecule has 10 heteroatoms. The Hall–Kier alpha value is -1.94. The number of rotatable bonds is 4. The molecule has 3 aromatic rings. The average Bonchev–Trinajstić information content (AvgIpc) is 3.07. The van der Waals surface area contributed by atoms with Crippen LogP contribution < -0.4 is 0 Å². The zero-order valence-electron chi connectivity index (χ0n) is 12.1. The van der Waals surface area contributed by atoms with Gasteiger partial charge in [-0.1, -0.05) is 6.07 Å². The van der Waals surface area contributed by atoms with Gasteiger partial charge in [0.1, 0.15) is 5.69 Å². The molecule has 0 N–H and O–H groups in total. The van der Waals surface area contributed by atoms with Crippen molar-refractivity contribution in [1.29, 1.82) is 0 Å². The monoisotopic (exact) mass is 369 g/mol. The maximum atomic E-state index is 12.8. The second-order valence-electron chi connectivity index (χ2n) is 5.21. The third-order valence-corrected chi connectivity index (χ3v) is 5.13. The quantitative estimate of drug-likeness (QED) is 0.642. The first kappa shape index (κ1) is 15.6. The summed E-state index contributed by atoms with van der Waals surface area (Å²) in [5.74, 6) is 0.738. The van der Waals surface area contributed by atoms with Gasteiger partial charge in [0.05, 0.1) is 4.88 Å².